The fraction of sp³-hybridized carbons (Fsp3) is 0.294. The van der Waals surface area contributed by atoms with Gasteiger partial charge in [-0.3, -0.25) is 0 Å². The lowest BCUT2D eigenvalue weighted by atomic mass is 9.87. The average Bonchev–Trinajstić information content (AvgIpc) is 2.37. The van der Waals surface area contributed by atoms with E-state index < -0.39 is 0 Å². The van der Waals surface area contributed by atoms with E-state index in [-0.39, 0.29) is 5.41 Å². The third kappa shape index (κ3) is 3.96. The van der Waals surface area contributed by atoms with E-state index >= 15 is 0 Å². The molecular formula is C17H19IO. The first-order valence-corrected chi connectivity index (χ1v) is 7.51. The minimum absolute atomic E-state index is 0.203. The SMILES string of the molecule is CC(C)(C)c1ccc(COc2ccccc2I)cc1. The number of rotatable bonds is 3. The summed E-state index contributed by atoms with van der Waals surface area (Å²) >= 11 is 2.29. The van der Waals surface area contributed by atoms with Gasteiger partial charge < -0.3 is 4.74 Å². The van der Waals surface area contributed by atoms with Gasteiger partial charge in [-0.05, 0) is 51.3 Å². The van der Waals surface area contributed by atoms with Crippen molar-refractivity contribution in [3.05, 3.63) is 63.2 Å². The lowest BCUT2D eigenvalue weighted by molar-refractivity contribution is 0.304. The summed E-state index contributed by atoms with van der Waals surface area (Å²) in [5.41, 5.74) is 2.76. The molecule has 2 heteroatoms. The molecular weight excluding hydrogens is 347 g/mol. The van der Waals surface area contributed by atoms with Crippen molar-refractivity contribution in [1.82, 2.24) is 0 Å². The molecule has 0 aliphatic rings. The maximum Gasteiger partial charge on any atom is 0.133 e. The number of benzene rings is 2. The van der Waals surface area contributed by atoms with E-state index in [1.165, 1.54) is 11.1 Å². The lowest BCUT2D eigenvalue weighted by Crippen LogP contribution is -2.10. The molecule has 0 saturated heterocycles. The summed E-state index contributed by atoms with van der Waals surface area (Å²) in [5.74, 6) is 0.947. The Morgan fingerprint density at radius 3 is 2.16 bits per heavy atom. The maximum absolute atomic E-state index is 5.84. The maximum atomic E-state index is 5.84. The van der Waals surface area contributed by atoms with Crippen molar-refractivity contribution >= 4 is 22.6 Å². The van der Waals surface area contributed by atoms with Crippen LogP contribution in [0, 0.1) is 3.57 Å². The third-order valence-corrected chi connectivity index (χ3v) is 3.94. The first-order chi connectivity index (χ1) is 8.97. The van der Waals surface area contributed by atoms with Crippen LogP contribution in [0.15, 0.2) is 48.5 Å². The Hall–Kier alpha value is -1.03. The van der Waals surface area contributed by atoms with Gasteiger partial charge in [0.2, 0.25) is 0 Å². The Morgan fingerprint density at radius 2 is 1.58 bits per heavy atom. The normalized spacial score (nSPS) is 11.4. The van der Waals surface area contributed by atoms with Gasteiger partial charge in [-0.25, -0.2) is 0 Å². The standard InChI is InChI=1S/C17H19IO/c1-17(2,3)14-10-8-13(9-11-14)12-19-16-7-5-4-6-15(16)18/h4-11H,12H2,1-3H3. The van der Waals surface area contributed by atoms with E-state index in [0.717, 1.165) is 9.32 Å². The second kappa shape index (κ2) is 5.95. The van der Waals surface area contributed by atoms with E-state index in [2.05, 4.69) is 73.7 Å². The van der Waals surface area contributed by atoms with Gasteiger partial charge in [-0.2, -0.15) is 0 Å². The van der Waals surface area contributed by atoms with Crippen LogP contribution in [0.1, 0.15) is 31.9 Å². The summed E-state index contributed by atoms with van der Waals surface area (Å²) in [4.78, 5) is 0. The fourth-order valence-electron chi connectivity index (χ4n) is 1.82. The topological polar surface area (TPSA) is 9.23 Å². The highest BCUT2D eigenvalue weighted by Gasteiger charge is 2.12. The summed E-state index contributed by atoms with van der Waals surface area (Å²) in [7, 11) is 0. The molecule has 0 saturated carbocycles. The highest BCUT2D eigenvalue weighted by Crippen LogP contribution is 2.24. The summed E-state index contributed by atoms with van der Waals surface area (Å²) in [6, 6.07) is 16.8. The van der Waals surface area contributed by atoms with Crippen LogP contribution in [-0.2, 0) is 12.0 Å². The highest BCUT2D eigenvalue weighted by atomic mass is 127. The molecule has 0 fully saturated rings. The first-order valence-electron chi connectivity index (χ1n) is 6.43. The van der Waals surface area contributed by atoms with Gasteiger partial charge in [0, 0.05) is 0 Å². The van der Waals surface area contributed by atoms with Crippen LogP contribution in [0.5, 0.6) is 5.75 Å². The third-order valence-electron chi connectivity index (χ3n) is 3.05. The summed E-state index contributed by atoms with van der Waals surface area (Å²) in [5, 5.41) is 0. The number of hydrogen-bond acceptors (Lipinski definition) is 1. The van der Waals surface area contributed by atoms with Gasteiger partial charge in [-0.1, -0.05) is 57.2 Å². The fourth-order valence-corrected chi connectivity index (χ4v) is 2.37. The molecule has 0 aliphatic heterocycles. The Morgan fingerprint density at radius 1 is 0.947 bits per heavy atom. The minimum atomic E-state index is 0.203. The zero-order valence-electron chi connectivity index (χ0n) is 11.6. The molecule has 1 nitrogen and oxygen atoms in total. The molecule has 0 amide bonds. The average molecular weight is 366 g/mol. The Bertz CT molecular complexity index is 538. The van der Waals surface area contributed by atoms with Crippen LogP contribution >= 0.6 is 22.6 Å². The molecule has 100 valence electrons. The van der Waals surface area contributed by atoms with E-state index in [4.69, 9.17) is 4.74 Å². The largest absolute Gasteiger partial charge is 0.488 e. The van der Waals surface area contributed by atoms with E-state index in [1.54, 1.807) is 0 Å². The number of hydrogen-bond donors (Lipinski definition) is 0. The van der Waals surface area contributed by atoms with Crippen LogP contribution in [0.4, 0.5) is 0 Å². The molecule has 19 heavy (non-hydrogen) atoms. The van der Waals surface area contributed by atoms with Gasteiger partial charge in [0.15, 0.2) is 0 Å². The molecule has 2 aromatic rings. The van der Waals surface area contributed by atoms with E-state index in [0.29, 0.717) is 6.61 Å². The van der Waals surface area contributed by atoms with Crippen LogP contribution in [0.25, 0.3) is 0 Å². The Balaban J connectivity index is 2.03. The molecule has 0 atom stereocenters. The quantitative estimate of drug-likeness (QED) is 0.682. The molecule has 0 radical (unpaired) electrons. The second-order valence-corrected chi connectivity index (χ2v) is 6.83. The minimum Gasteiger partial charge on any atom is -0.488 e. The van der Waals surface area contributed by atoms with Crippen molar-refractivity contribution < 1.29 is 4.74 Å². The van der Waals surface area contributed by atoms with Gasteiger partial charge in [-0.15, -0.1) is 0 Å². The summed E-state index contributed by atoms with van der Waals surface area (Å²) < 4.78 is 6.99. The van der Waals surface area contributed by atoms with Crippen molar-refractivity contribution in [3.8, 4) is 5.75 Å². The van der Waals surface area contributed by atoms with Gasteiger partial charge >= 0.3 is 0 Å². The molecule has 0 bridgehead atoms. The predicted molar refractivity (Wildman–Crippen MR) is 88.6 cm³/mol. The molecule has 0 N–H and O–H groups in total. The Kier molecular flexibility index (Phi) is 4.50. The first kappa shape index (κ1) is 14.4. The monoisotopic (exact) mass is 366 g/mol. The summed E-state index contributed by atoms with van der Waals surface area (Å²) in [6.45, 7) is 7.30. The lowest BCUT2D eigenvalue weighted by Gasteiger charge is -2.19. The van der Waals surface area contributed by atoms with Crippen molar-refractivity contribution in [3.63, 3.8) is 0 Å². The van der Waals surface area contributed by atoms with Crippen molar-refractivity contribution in [2.45, 2.75) is 32.8 Å². The second-order valence-electron chi connectivity index (χ2n) is 5.67. The summed E-state index contributed by atoms with van der Waals surface area (Å²) in [6.07, 6.45) is 0. The van der Waals surface area contributed by atoms with Crippen molar-refractivity contribution in [2.24, 2.45) is 0 Å². The zero-order valence-corrected chi connectivity index (χ0v) is 13.8. The molecule has 0 unspecified atom stereocenters. The van der Waals surface area contributed by atoms with Crippen molar-refractivity contribution in [1.29, 1.82) is 0 Å². The number of halogens is 1. The Labute approximate surface area is 129 Å². The predicted octanol–water partition coefficient (Wildman–Crippen LogP) is 5.17. The van der Waals surface area contributed by atoms with Crippen LogP contribution in [0.2, 0.25) is 0 Å². The molecule has 0 heterocycles. The van der Waals surface area contributed by atoms with Gasteiger partial charge in [0.1, 0.15) is 12.4 Å². The van der Waals surface area contributed by atoms with Gasteiger partial charge in [0.05, 0.1) is 3.57 Å². The van der Waals surface area contributed by atoms with E-state index in [9.17, 15) is 0 Å². The molecule has 0 spiro atoms. The zero-order chi connectivity index (χ0) is 13.9. The molecule has 0 aliphatic carbocycles. The van der Waals surface area contributed by atoms with Gasteiger partial charge in [0.25, 0.3) is 0 Å². The van der Waals surface area contributed by atoms with Crippen LogP contribution in [0.3, 0.4) is 0 Å². The number of para-hydroxylation sites is 1. The van der Waals surface area contributed by atoms with E-state index in [1.807, 2.05) is 18.2 Å². The smallest absolute Gasteiger partial charge is 0.133 e. The van der Waals surface area contributed by atoms with Crippen molar-refractivity contribution in [2.75, 3.05) is 0 Å². The number of ether oxygens (including phenoxy) is 1. The van der Waals surface area contributed by atoms with Crippen LogP contribution in [-0.4, -0.2) is 0 Å². The molecule has 2 rings (SSSR count). The molecule has 2 aromatic carbocycles. The highest BCUT2D eigenvalue weighted by molar-refractivity contribution is 14.1. The van der Waals surface area contributed by atoms with Crippen LogP contribution < -0.4 is 4.74 Å². The molecule has 0 aromatic heterocycles.